The van der Waals surface area contributed by atoms with E-state index in [4.69, 9.17) is 11.6 Å². The number of rotatable bonds is 8. The summed E-state index contributed by atoms with van der Waals surface area (Å²) in [4.78, 5) is 39.7. The van der Waals surface area contributed by atoms with Gasteiger partial charge in [-0.2, -0.15) is 0 Å². The molecule has 0 aromatic heterocycles. The Morgan fingerprint density at radius 2 is 1.55 bits per heavy atom. The lowest BCUT2D eigenvalue weighted by molar-refractivity contribution is -0.927. The third-order valence-corrected chi connectivity index (χ3v) is 5.71. The Hall–Kier alpha value is -2.70. The van der Waals surface area contributed by atoms with Crippen molar-refractivity contribution in [1.82, 2.24) is 10.2 Å². The normalized spacial score (nSPS) is 14.3. The molecule has 0 aliphatic carbocycles. The molecule has 29 heavy (non-hydrogen) atoms. The fraction of sp³-hybridized carbons (Fsp3) is 0.318. The minimum Gasteiger partial charge on any atom is -0.348 e. The van der Waals surface area contributed by atoms with E-state index < -0.39 is 11.8 Å². The Bertz CT molecular complexity index is 892. The van der Waals surface area contributed by atoms with Crippen molar-refractivity contribution < 1.29 is 19.3 Å². The number of quaternary nitrogens is 1. The number of fused-ring (bicyclic) bond motifs is 1. The number of benzene rings is 2. The Balaban J connectivity index is 1.69. The van der Waals surface area contributed by atoms with Crippen LogP contribution in [0.4, 0.5) is 0 Å². The maximum Gasteiger partial charge on any atom is 0.262 e. The minimum atomic E-state index is -0.433. The average molecular weight is 415 g/mol. The summed E-state index contributed by atoms with van der Waals surface area (Å²) in [6.07, 6.45) is 0. The molecule has 6 nitrogen and oxygen atoms in total. The zero-order valence-corrected chi connectivity index (χ0v) is 17.3. The molecule has 0 saturated carbocycles. The second-order valence-electron chi connectivity index (χ2n) is 6.99. The molecule has 152 valence electrons. The van der Waals surface area contributed by atoms with Gasteiger partial charge in [0.1, 0.15) is 12.6 Å². The minimum absolute atomic E-state index is 0.0233. The van der Waals surface area contributed by atoms with Gasteiger partial charge in [0.25, 0.3) is 11.8 Å². The van der Waals surface area contributed by atoms with Gasteiger partial charge in [-0.3, -0.25) is 19.3 Å². The zero-order chi connectivity index (χ0) is 21.0. The highest BCUT2D eigenvalue weighted by molar-refractivity contribution is 6.31. The number of imide groups is 1. The number of halogens is 1. The first-order chi connectivity index (χ1) is 14.0. The quantitative estimate of drug-likeness (QED) is 0.646. The zero-order valence-electron chi connectivity index (χ0n) is 16.6. The van der Waals surface area contributed by atoms with E-state index in [2.05, 4.69) is 19.2 Å². The van der Waals surface area contributed by atoms with Gasteiger partial charge in [0.2, 0.25) is 5.91 Å². The Morgan fingerprint density at radius 3 is 2.10 bits per heavy atom. The number of amides is 3. The first kappa shape index (κ1) is 21.0. The third kappa shape index (κ3) is 4.33. The van der Waals surface area contributed by atoms with Crippen molar-refractivity contribution in [3.63, 3.8) is 0 Å². The van der Waals surface area contributed by atoms with E-state index in [0.29, 0.717) is 22.7 Å². The number of hydrogen-bond donors (Lipinski definition) is 2. The molecular formula is C22H25ClN3O3+. The first-order valence-corrected chi connectivity index (χ1v) is 10.2. The van der Waals surface area contributed by atoms with E-state index in [9.17, 15) is 14.4 Å². The third-order valence-electron chi connectivity index (χ3n) is 5.36. The van der Waals surface area contributed by atoms with Crippen molar-refractivity contribution in [2.45, 2.75) is 19.9 Å². The van der Waals surface area contributed by atoms with Crippen LogP contribution in [0.15, 0.2) is 48.5 Å². The maximum absolute atomic E-state index is 12.6. The second kappa shape index (κ2) is 9.20. The number of nitrogens with zero attached hydrogens (tertiary/aromatic N) is 1. The van der Waals surface area contributed by atoms with Crippen LogP contribution in [0.3, 0.4) is 0 Å². The molecule has 0 radical (unpaired) electrons. The number of nitrogens with one attached hydrogen (secondary N) is 2. The molecule has 1 heterocycles. The van der Waals surface area contributed by atoms with E-state index in [1.54, 1.807) is 24.3 Å². The van der Waals surface area contributed by atoms with Crippen LogP contribution in [0, 0.1) is 0 Å². The van der Waals surface area contributed by atoms with Crippen LogP contribution in [-0.2, 0) is 4.79 Å². The Labute approximate surface area is 175 Å². The summed E-state index contributed by atoms with van der Waals surface area (Å²) >= 11 is 6.40. The van der Waals surface area contributed by atoms with Gasteiger partial charge >= 0.3 is 0 Å². The molecule has 0 fully saturated rings. The molecule has 2 aromatic carbocycles. The van der Waals surface area contributed by atoms with Crippen LogP contribution >= 0.6 is 11.6 Å². The van der Waals surface area contributed by atoms with Crippen molar-refractivity contribution in [1.29, 1.82) is 0 Å². The second-order valence-corrected chi connectivity index (χ2v) is 7.39. The van der Waals surface area contributed by atoms with Crippen LogP contribution in [0.1, 0.15) is 46.2 Å². The molecule has 7 heteroatoms. The molecule has 1 aliphatic heterocycles. The predicted molar refractivity (Wildman–Crippen MR) is 111 cm³/mol. The van der Waals surface area contributed by atoms with E-state index in [-0.39, 0.29) is 18.5 Å². The molecule has 2 aromatic rings. The van der Waals surface area contributed by atoms with E-state index >= 15 is 0 Å². The highest BCUT2D eigenvalue weighted by atomic mass is 35.5. The van der Waals surface area contributed by atoms with Crippen molar-refractivity contribution in [3.8, 4) is 0 Å². The van der Waals surface area contributed by atoms with Gasteiger partial charge in [0.05, 0.1) is 30.8 Å². The topological polar surface area (TPSA) is 70.9 Å². The highest BCUT2D eigenvalue weighted by Gasteiger charge is 2.36. The van der Waals surface area contributed by atoms with E-state index in [1.165, 1.54) is 4.90 Å². The number of carbonyl (C=O) groups excluding carboxylic acids is 3. The SMILES string of the molecule is CC[NH+](CC)[C@H](CNC(=O)CN1C(=O)c2ccccc2C1=O)c1ccccc1Cl. The number of carbonyl (C=O) groups is 3. The van der Waals surface area contributed by atoms with Gasteiger partial charge < -0.3 is 10.2 Å². The molecule has 0 bridgehead atoms. The number of hydrogen-bond acceptors (Lipinski definition) is 3. The van der Waals surface area contributed by atoms with Crippen molar-refractivity contribution in [2.24, 2.45) is 0 Å². The summed E-state index contributed by atoms with van der Waals surface area (Å²) in [5, 5.41) is 3.55. The lowest BCUT2D eigenvalue weighted by Crippen LogP contribution is -3.12. The Morgan fingerprint density at radius 1 is 1.00 bits per heavy atom. The Kier molecular flexibility index (Phi) is 6.67. The fourth-order valence-electron chi connectivity index (χ4n) is 3.77. The molecule has 1 aliphatic rings. The van der Waals surface area contributed by atoms with Crippen molar-refractivity contribution >= 4 is 29.3 Å². The van der Waals surface area contributed by atoms with Crippen LogP contribution in [0.2, 0.25) is 5.02 Å². The van der Waals surface area contributed by atoms with Crippen molar-refractivity contribution in [3.05, 3.63) is 70.2 Å². The van der Waals surface area contributed by atoms with E-state index in [1.807, 2.05) is 24.3 Å². The molecule has 3 rings (SSSR count). The van der Waals surface area contributed by atoms with Gasteiger partial charge in [0.15, 0.2) is 0 Å². The summed E-state index contributed by atoms with van der Waals surface area (Å²) in [5.41, 5.74) is 1.65. The van der Waals surface area contributed by atoms with Gasteiger partial charge in [-0.1, -0.05) is 41.9 Å². The molecule has 0 spiro atoms. The summed E-state index contributed by atoms with van der Waals surface area (Å²) < 4.78 is 0. The van der Waals surface area contributed by atoms with Crippen molar-refractivity contribution in [2.75, 3.05) is 26.2 Å². The summed E-state index contributed by atoms with van der Waals surface area (Å²) in [5.74, 6) is -1.24. The van der Waals surface area contributed by atoms with E-state index in [0.717, 1.165) is 23.6 Å². The summed E-state index contributed by atoms with van der Waals surface area (Å²) in [6.45, 7) is 5.99. The summed E-state index contributed by atoms with van der Waals surface area (Å²) in [6, 6.07) is 14.2. The monoisotopic (exact) mass is 414 g/mol. The maximum atomic E-state index is 12.6. The van der Waals surface area contributed by atoms with Gasteiger partial charge in [-0.05, 0) is 32.0 Å². The van der Waals surface area contributed by atoms with Gasteiger partial charge in [0, 0.05) is 10.6 Å². The molecule has 2 N–H and O–H groups in total. The number of likely N-dealkylation sites (N-methyl/N-ethyl adjacent to an activating group) is 1. The standard InChI is InChI=1S/C22H24ClN3O3/c1-3-25(4-2)19(17-11-7-8-12-18(17)23)13-24-20(27)14-26-21(28)15-9-5-6-10-16(15)22(26)29/h5-12,19H,3-4,13-14H2,1-2H3,(H,24,27)/p+1/t19-/m1/s1. The molecule has 0 saturated heterocycles. The average Bonchev–Trinajstić information content (AvgIpc) is 2.97. The largest absolute Gasteiger partial charge is 0.348 e. The predicted octanol–water partition coefficient (Wildman–Crippen LogP) is 1.72. The first-order valence-electron chi connectivity index (χ1n) is 9.78. The van der Waals surface area contributed by atoms with Crippen LogP contribution in [0.5, 0.6) is 0 Å². The molecule has 0 unspecified atom stereocenters. The van der Waals surface area contributed by atoms with Gasteiger partial charge in [-0.15, -0.1) is 0 Å². The highest BCUT2D eigenvalue weighted by Crippen LogP contribution is 2.22. The molecule has 3 amide bonds. The lowest BCUT2D eigenvalue weighted by Gasteiger charge is -2.28. The molecule has 1 atom stereocenters. The van der Waals surface area contributed by atoms with Crippen LogP contribution < -0.4 is 10.2 Å². The fourth-order valence-corrected chi connectivity index (χ4v) is 4.04. The lowest BCUT2D eigenvalue weighted by atomic mass is 10.0. The smallest absolute Gasteiger partial charge is 0.262 e. The van der Waals surface area contributed by atoms with Crippen LogP contribution in [-0.4, -0.2) is 48.8 Å². The van der Waals surface area contributed by atoms with Crippen LogP contribution in [0.25, 0.3) is 0 Å². The molecular weight excluding hydrogens is 390 g/mol. The van der Waals surface area contributed by atoms with Gasteiger partial charge in [-0.25, -0.2) is 0 Å². The summed E-state index contributed by atoms with van der Waals surface area (Å²) in [7, 11) is 0.